The molecule has 1 aliphatic rings. The third-order valence-electron chi connectivity index (χ3n) is 5.26. The molecule has 0 atom stereocenters. The average molecular weight is 424 g/mol. The number of nitrogens with zero attached hydrogens (tertiary/aromatic N) is 2. The number of carbonyl (C=O) groups is 3. The Labute approximate surface area is 182 Å². The predicted molar refractivity (Wildman–Crippen MR) is 118 cm³/mol. The number of fused-ring (bicyclic) bond motifs is 1. The Bertz CT molecular complexity index is 972. The molecular weight excluding hydrogens is 396 g/mol. The van der Waals surface area contributed by atoms with E-state index in [9.17, 15) is 14.4 Å². The lowest BCUT2D eigenvalue weighted by molar-refractivity contribution is -0.130. The molecule has 2 amide bonds. The molecule has 0 fully saturated rings. The van der Waals surface area contributed by atoms with Crippen molar-refractivity contribution in [3.63, 3.8) is 0 Å². The van der Waals surface area contributed by atoms with Gasteiger partial charge in [-0.1, -0.05) is 12.1 Å². The van der Waals surface area contributed by atoms with Gasteiger partial charge in [-0.2, -0.15) is 0 Å². The number of amides is 2. The Hall–Kier alpha value is -3.35. The van der Waals surface area contributed by atoms with Crippen LogP contribution in [-0.4, -0.2) is 55.8 Å². The molecule has 0 N–H and O–H groups in total. The van der Waals surface area contributed by atoms with Gasteiger partial charge in [0.05, 0.1) is 5.69 Å². The number of hydrogen-bond donors (Lipinski definition) is 0. The van der Waals surface area contributed by atoms with E-state index in [1.54, 1.807) is 41.1 Å². The summed E-state index contributed by atoms with van der Waals surface area (Å²) in [5, 5.41) is 0. The predicted octanol–water partition coefficient (Wildman–Crippen LogP) is 3.24. The number of hydrogen-bond acceptors (Lipinski definition) is 5. The van der Waals surface area contributed by atoms with Crippen molar-refractivity contribution in [3.8, 4) is 11.5 Å². The normalized spacial score (nSPS) is 12.7. The summed E-state index contributed by atoms with van der Waals surface area (Å²) >= 11 is 0. The number of ketones is 1. The highest BCUT2D eigenvalue weighted by Crippen LogP contribution is 2.33. The first kappa shape index (κ1) is 22.3. The van der Waals surface area contributed by atoms with E-state index >= 15 is 0 Å². The molecule has 1 aliphatic heterocycles. The van der Waals surface area contributed by atoms with Crippen molar-refractivity contribution in [2.45, 2.75) is 26.7 Å². The second-order valence-corrected chi connectivity index (χ2v) is 7.56. The van der Waals surface area contributed by atoms with Gasteiger partial charge in [0.2, 0.25) is 5.91 Å². The van der Waals surface area contributed by atoms with Gasteiger partial charge in [0.15, 0.2) is 19.0 Å². The van der Waals surface area contributed by atoms with Gasteiger partial charge in [-0.15, -0.1) is 0 Å². The van der Waals surface area contributed by atoms with Crippen molar-refractivity contribution < 1.29 is 23.9 Å². The van der Waals surface area contributed by atoms with Crippen LogP contribution < -0.4 is 14.4 Å². The molecule has 0 radical (unpaired) electrons. The molecule has 0 saturated carbocycles. The SMILES string of the molecule is CCN(C)C(=O)CCCN1C(=O)COc2ccc(C(=O)COc3cccc(C)c3)cc21. The number of benzene rings is 2. The van der Waals surface area contributed by atoms with Crippen molar-refractivity contribution in [2.24, 2.45) is 0 Å². The van der Waals surface area contributed by atoms with Crippen molar-refractivity contribution in [1.82, 2.24) is 4.90 Å². The molecule has 3 rings (SSSR count). The van der Waals surface area contributed by atoms with Gasteiger partial charge in [-0.3, -0.25) is 14.4 Å². The third-order valence-corrected chi connectivity index (χ3v) is 5.26. The van der Waals surface area contributed by atoms with Crippen LogP contribution in [0.4, 0.5) is 5.69 Å². The first-order chi connectivity index (χ1) is 14.9. The van der Waals surface area contributed by atoms with E-state index in [0.29, 0.717) is 48.7 Å². The molecule has 7 heteroatoms. The van der Waals surface area contributed by atoms with Crippen LogP contribution in [0.3, 0.4) is 0 Å². The van der Waals surface area contributed by atoms with Gasteiger partial charge in [-0.25, -0.2) is 0 Å². The second-order valence-electron chi connectivity index (χ2n) is 7.56. The molecule has 164 valence electrons. The summed E-state index contributed by atoms with van der Waals surface area (Å²) in [6.45, 7) is 4.75. The molecule has 0 spiro atoms. The summed E-state index contributed by atoms with van der Waals surface area (Å²) in [6, 6.07) is 12.5. The van der Waals surface area contributed by atoms with Crippen molar-refractivity contribution in [1.29, 1.82) is 0 Å². The highest BCUT2D eigenvalue weighted by atomic mass is 16.5. The highest BCUT2D eigenvalue weighted by molar-refractivity contribution is 6.02. The van der Waals surface area contributed by atoms with Crippen LogP contribution in [0.5, 0.6) is 11.5 Å². The number of aryl methyl sites for hydroxylation is 1. The summed E-state index contributed by atoms with van der Waals surface area (Å²) in [7, 11) is 1.76. The van der Waals surface area contributed by atoms with Gasteiger partial charge in [0.1, 0.15) is 11.5 Å². The number of ether oxygens (including phenoxy) is 2. The molecule has 0 aliphatic carbocycles. The Morgan fingerprint density at radius 1 is 1.19 bits per heavy atom. The zero-order valence-corrected chi connectivity index (χ0v) is 18.2. The molecule has 2 aromatic carbocycles. The van der Waals surface area contributed by atoms with Gasteiger partial charge in [0.25, 0.3) is 5.91 Å². The quantitative estimate of drug-likeness (QED) is 0.578. The molecule has 1 heterocycles. The minimum Gasteiger partial charge on any atom is -0.485 e. The minimum atomic E-state index is -0.193. The molecule has 0 bridgehead atoms. The molecule has 0 saturated heterocycles. The second kappa shape index (κ2) is 10.1. The summed E-state index contributed by atoms with van der Waals surface area (Å²) in [4.78, 5) is 40.4. The van der Waals surface area contributed by atoms with Crippen LogP contribution in [0, 0.1) is 6.92 Å². The smallest absolute Gasteiger partial charge is 0.265 e. The number of rotatable bonds is 9. The molecule has 0 aromatic heterocycles. The van der Waals surface area contributed by atoms with E-state index in [1.807, 2.05) is 32.0 Å². The van der Waals surface area contributed by atoms with Crippen molar-refractivity contribution in [2.75, 3.05) is 38.3 Å². The van der Waals surface area contributed by atoms with E-state index in [0.717, 1.165) is 5.56 Å². The first-order valence-corrected chi connectivity index (χ1v) is 10.4. The summed E-state index contributed by atoms with van der Waals surface area (Å²) in [6.07, 6.45) is 0.885. The van der Waals surface area contributed by atoms with Gasteiger partial charge >= 0.3 is 0 Å². The van der Waals surface area contributed by atoms with Crippen molar-refractivity contribution >= 4 is 23.3 Å². The Kier molecular flexibility index (Phi) is 7.28. The van der Waals surface area contributed by atoms with E-state index in [1.165, 1.54) is 0 Å². The lowest BCUT2D eigenvalue weighted by Crippen LogP contribution is -2.40. The average Bonchev–Trinajstić information content (AvgIpc) is 2.77. The number of anilines is 1. The Balaban J connectivity index is 1.68. The maximum Gasteiger partial charge on any atom is 0.265 e. The minimum absolute atomic E-state index is 0.0423. The molecule has 31 heavy (non-hydrogen) atoms. The maximum absolute atomic E-state index is 12.7. The monoisotopic (exact) mass is 424 g/mol. The maximum atomic E-state index is 12.7. The fourth-order valence-electron chi connectivity index (χ4n) is 3.31. The van der Waals surface area contributed by atoms with Gasteiger partial charge in [0, 0.05) is 32.1 Å². The van der Waals surface area contributed by atoms with Crippen LogP contribution in [0.1, 0.15) is 35.7 Å². The summed E-state index contributed by atoms with van der Waals surface area (Å²) < 4.78 is 11.1. The standard InChI is InChI=1S/C24H28N2O5/c1-4-25(3)23(28)9-6-12-26-20-14-18(10-11-22(20)31-16-24(26)29)21(27)15-30-19-8-5-7-17(2)13-19/h5,7-8,10-11,13-14H,4,6,9,12,15-16H2,1-3H3. The van der Waals surface area contributed by atoms with Crippen LogP contribution in [0.2, 0.25) is 0 Å². The zero-order chi connectivity index (χ0) is 22.4. The number of carbonyl (C=O) groups excluding carboxylic acids is 3. The molecule has 0 unspecified atom stereocenters. The first-order valence-electron chi connectivity index (χ1n) is 10.4. The fourth-order valence-corrected chi connectivity index (χ4v) is 3.31. The van der Waals surface area contributed by atoms with Gasteiger partial charge in [-0.05, 0) is 56.2 Å². The Morgan fingerprint density at radius 2 is 2.00 bits per heavy atom. The lowest BCUT2D eigenvalue weighted by Gasteiger charge is -2.30. The van der Waals surface area contributed by atoms with Crippen LogP contribution >= 0.6 is 0 Å². The zero-order valence-electron chi connectivity index (χ0n) is 18.2. The topological polar surface area (TPSA) is 76.2 Å². The van der Waals surface area contributed by atoms with Crippen molar-refractivity contribution in [3.05, 3.63) is 53.6 Å². The van der Waals surface area contributed by atoms with Crippen LogP contribution in [-0.2, 0) is 9.59 Å². The molecule has 2 aromatic rings. The molecular formula is C24H28N2O5. The largest absolute Gasteiger partial charge is 0.485 e. The lowest BCUT2D eigenvalue weighted by atomic mass is 10.1. The highest BCUT2D eigenvalue weighted by Gasteiger charge is 2.26. The summed E-state index contributed by atoms with van der Waals surface area (Å²) in [5.74, 6) is 0.841. The number of Topliss-reactive ketones (excluding diaryl/α,β-unsaturated/α-hetero) is 1. The van der Waals surface area contributed by atoms with Crippen LogP contribution in [0.25, 0.3) is 0 Å². The fraction of sp³-hybridized carbons (Fsp3) is 0.375. The van der Waals surface area contributed by atoms with E-state index < -0.39 is 0 Å². The summed E-state index contributed by atoms with van der Waals surface area (Å²) in [5.41, 5.74) is 2.04. The third kappa shape index (κ3) is 5.63. The van der Waals surface area contributed by atoms with E-state index in [4.69, 9.17) is 9.47 Å². The van der Waals surface area contributed by atoms with Gasteiger partial charge < -0.3 is 19.3 Å². The van der Waals surface area contributed by atoms with Crippen LogP contribution in [0.15, 0.2) is 42.5 Å². The molecule has 7 nitrogen and oxygen atoms in total. The van der Waals surface area contributed by atoms with E-state index in [-0.39, 0.29) is 30.8 Å². The van der Waals surface area contributed by atoms with E-state index in [2.05, 4.69) is 0 Å². The Morgan fingerprint density at radius 3 is 2.74 bits per heavy atom.